The summed E-state index contributed by atoms with van der Waals surface area (Å²) in [5, 5.41) is 0. The highest BCUT2D eigenvalue weighted by atomic mass is 15.1. The summed E-state index contributed by atoms with van der Waals surface area (Å²) in [5.41, 5.74) is 12.1. The average Bonchev–Trinajstić information content (AvgIpc) is 3.92. The van der Waals surface area contributed by atoms with Crippen molar-refractivity contribution in [1.29, 1.82) is 0 Å². The highest BCUT2D eigenvalue weighted by Crippen LogP contribution is 2.35. The quantitative estimate of drug-likeness (QED) is 0.152. The van der Waals surface area contributed by atoms with Crippen molar-refractivity contribution in [2.45, 2.75) is 0 Å². The summed E-state index contributed by atoms with van der Waals surface area (Å²) in [6.07, 6.45) is 7.24. The lowest BCUT2D eigenvalue weighted by Gasteiger charge is -2.14. The van der Waals surface area contributed by atoms with Crippen LogP contribution in [0.3, 0.4) is 0 Å². The molecule has 0 unspecified atom stereocenters. The van der Waals surface area contributed by atoms with E-state index in [1.54, 1.807) is 12.4 Å². The zero-order valence-electron chi connectivity index (χ0n) is 32.1. The first-order chi connectivity index (χ1) is 29.7. The van der Waals surface area contributed by atoms with Crippen LogP contribution in [0.4, 0.5) is 0 Å². The Bertz CT molecular complexity index is 3140. The van der Waals surface area contributed by atoms with Crippen LogP contribution in [0.15, 0.2) is 201 Å². The molecule has 5 aromatic heterocycles. The topological polar surface area (TPSA) is 100 Å². The van der Waals surface area contributed by atoms with Crippen LogP contribution in [-0.4, -0.2) is 44.0 Å². The number of hydrogen-bond acceptors (Lipinski definition) is 7. The Hall–Kier alpha value is -8.43. The summed E-state index contributed by atoms with van der Waals surface area (Å²) < 4.78 is 4.34. The first-order valence-corrected chi connectivity index (χ1v) is 19.6. The first-order valence-electron chi connectivity index (χ1n) is 19.6. The van der Waals surface area contributed by atoms with Crippen molar-refractivity contribution in [2.75, 3.05) is 0 Å². The second kappa shape index (κ2) is 14.8. The minimum atomic E-state index is 0.543. The number of benzene rings is 6. The maximum absolute atomic E-state index is 5.24. The molecule has 9 nitrogen and oxygen atoms in total. The minimum absolute atomic E-state index is 0.543. The normalized spacial score (nSPS) is 11.3. The number of para-hydroxylation sites is 4. The third-order valence-electron chi connectivity index (χ3n) is 10.6. The van der Waals surface area contributed by atoms with Crippen molar-refractivity contribution in [3.63, 3.8) is 0 Å². The molecular weight excluding hydrogens is 739 g/mol. The van der Waals surface area contributed by atoms with E-state index < -0.39 is 0 Å². The molecular formula is C51H33N9. The zero-order chi connectivity index (χ0) is 39.8. The van der Waals surface area contributed by atoms with Crippen LogP contribution in [0.1, 0.15) is 0 Å². The van der Waals surface area contributed by atoms with Gasteiger partial charge in [-0.2, -0.15) is 0 Å². The molecule has 6 aromatic carbocycles. The highest BCUT2D eigenvalue weighted by molar-refractivity contribution is 5.86. The van der Waals surface area contributed by atoms with Crippen LogP contribution in [0.25, 0.3) is 102 Å². The smallest absolute Gasteiger partial charge is 0.164 e. The fourth-order valence-electron chi connectivity index (χ4n) is 7.82. The van der Waals surface area contributed by atoms with Gasteiger partial charge in [-0.3, -0.25) is 19.1 Å². The van der Waals surface area contributed by atoms with Crippen molar-refractivity contribution in [2.24, 2.45) is 0 Å². The second-order valence-corrected chi connectivity index (χ2v) is 14.3. The molecule has 0 amide bonds. The average molecular weight is 772 g/mol. The first kappa shape index (κ1) is 34.8. The van der Waals surface area contributed by atoms with Gasteiger partial charge in [-0.25, -0.2) is 24.9 Å². The standard InChI is InChI=1S/C51H33N9/c1-2-14-34(15-3-1)41-22-4-5-23-42(41)49-57-47(35-16-10-20-39(30-35)59-45-26-8-6-24-43(45)54-50(59)37-18-12-28-52-32-37)56-48(58-49)36-17-11-21-40(31-36)60-46-27-9-7-25-44(46)55-51(60)38-19-13-29-53-33-38/h1-33H. The van der Waals surface area contributed by atoms with Gasteiger partial charge in [-0.1, -0.05) is 103 Å². The fourth-order valence-corrected chi connectivity index (χ4v) is 7.82. The monoisotopic (exact) mass is 771 g/mol. The van der Waals surface area contributed by atoms with Crippen LogP contribution in [0.2, 0.25) is 0 Å². The Morgan fingerprint density at radius 3 is 1.30 bits per heavy atom. The molecule has 0 spiro atoms. The molecule has 0 saturated carbocycles. The SMILES string of the molecule is c1ccc(-c2ccccc2-c2nc(-c3cccc(-n4c(-c5cccnc5)nc5ccccc54)c3)nc(-c3cccc(-n4c(-c5cccnc5)nc5ccccc54)c3)n2)cc1. The van der Waals surface area contributed by atoms with E-state index >= 15 is 0 Å². The Morgan fingerprint density at radius 2 is 0.767 bits per heavy atom. The van der Waals surface area contributed by atoms with Gasteiger partial charge in [0.2, 0.25) is 0 Å². The van der Waals surface area contributed by atoms with E-state index in [0.29, 0.717) is 17.5 Å². The Balaban J connectivity index is 1.11. The number of fused-ring (bicyclic) bond motifs is 2. The van der Waals surface area contributed by atoms with Crippen molar-refractivity contribution in [3.8, 4) is 79.4 Å². The second-order valence-electron chi connectivity index (χ2n) is 14.3. The molecule has 0 bridgehead atoms. The van der Waals surface area contributed by atoms with Gasteiger partial charge in [0, 0.05) is 64.0 Å². The molecule has 0 atom stereocenters. The molecule has 0 N–H and O–H groups in total. The van der Waals surface area contributed by atoms with Gasteiger partial charge in [-0.15, -0.1) is 0 Å². The summed E-state index contributed by atoms with van der Waals surface area (Å²) in [4.78, 5) is 34.6. The number of imidazole rings is 2. The Morgan fingerprint density at radius 1 is 0.317 bits per heavy atom. The van der Waals surface area contributed by atoms with Gasteiger partial charge in [-0.05, 0) is 83.9 Å². The number of aromatic nitrogens is 9. The molecule has 11 aromatic rings. The van der Waals surface area contributed by atoms with Gasteiger partial charge in [0.05, 0.1) is 22.1 Å². The number of nitrogens with zero attached hydrogens (tertiary/aromatic N) is 9. The van der Waals surface area contributed by atoms with Crippen molar-refractivity contribution >= 4 is 22.1 Å². The molecule has 0 aliphatic heterocycles. The van der Waals surface area contributed by atoms with Crippen molar-refractivity contribution in [1.82, 2.24) is 44.0 Å². The summed E-state index contributed by atoms with van der Waals surface area (Å²) in [5.74, 6) is 3.25. The van der Waals surface area contributed by atoms with Gasteiger partial charge >= 0.3 is 0 Å². The van der Waals surface area contributed by atoms with Crippen LogP contribution in [-0.2, 0) is 0 Å². The Labute approximate surface area is 345 Å². The predicted molar refractivity (Wildman–Crippen MR) is 237 cm³/mol. The molecule has 0 aliphatic carbocycles. The highest BCUT2D eigenvalue weighted by Gasteiger charge is 2.20. The van der Waals surface area contributed by atoms with Gasteiger partial charge in [0.15, 0.2) is 17.5 Å². The van der Waals surface area contributed by atoms with Gasteiger partial charge in [0.1, 0.15) is 11.6 Å². The third kappa shape index (κ3) is 6.27. The van der Waals surface area contributed by atoms with Gasteiger partial charge < -0.3 is 0 Å². The Kier molecular flexibility index (Phi) is 8.59. The van der Waals surface area contributed by atoms with E-state index in [9.17, 15) is 0 Å². The lowest BCUT2D eigenvalue weighted by atomic mass is 9.99. The number of pyridine rings is 2. The molecule has 5 heterocycles. The van der Waals surface area contributed by atoms with E-state index in [4.69, 9.17) is 24.9 Å². The maximum atomic E-state index is 5.24. The largest absolute Gasteiger partial charge is 0.292 e. The minimum Gasteiger partial charge on any atom is -0.292 e. The van der Waals surface area contributed by atoms with Gasteiger partial charge in [0.25, 0.3) is 0 Å². The fraction of sp³-hybridized carbons (Fsp3) is 0. The van der Waals surface area contributed by atoms with E-state index in [-0.39, 0.29) is 0 Å². The molecule has 282 valence electrons. The van der Waals surface area contributed by atoms with E-state index in [2.05, 4.69) is 79.8 Å². The summed E-state index contributed by atoms with van der Waals surface area (Å²) in [7, 11) is 0. The molecule has 0 fully saturated rings. The van der Waals surface area contributed by atoms with E-state index in [1.807, 2.05) is 128 Å². The number of rotatable bonds is 8. The van der Waals surface area contributed by atoms with Crippen molar-refractivity contribution in [3.05, 3.63) is 201 Å². The van der Waals surface area contributed by atoms with E-state index in [0.717, 1.165) is 84.0 Å². The van der Waals surface area contributed by atoms with Crippen LogP contribution in [0, 0.1) is 0 Å². The summed E-state index contributed by atoms with van der Waals surface area (Å²) >= 11 is 0. The molecule has 0 radical (unpaired) electrons. The zero-order valence-corrected chi connectivity index (χ0v) is 32.1. The molecule has 0 aliphatic rings. The lowest BCUT2D eigenvalue weighted by molar-refractivity contribution is 1.06. The third-order valence-corrected chi connectivity index (χ3v) is 10.6. The summed E-state index contributed by atoms with van der Waals surface area (Å²) in [6.45, 7) is 0. The molecule has 9 heteroatoms. The molecule has 11 rings (SSSR count). The van der Waals surface area contributed by atoms with Crippen LogP contribution >= 0.6 is 0 Å². The molecule has 0 saturated heterocycles. The summed E-state index contributed by atoms with van der Waals surface area (Å²) in [6, 6.07) is 59.5. The van der Waals surface area contributed by atoms with Crippen LogP contribution in [0.5, 0.6) is 0 Å². The number of hydrogen-bond donors (Lipinski definition) is 0. The lowest BCUT2D eigenvalue weighted by Crippen LogP contribution is -2.03. The maximum Gasteiger partial charge on any atom is 0.164 e. The van der Waals surface area contributed by atoms with Crippen LogP contribution < -0.4 is 0 Å². The predicted octanol–water partition coefficient (Wildman–Crippen LogP) is 11.3. The van der Waals surface area contributed by atoms with E-state index in [1.165, 1.54) is 0 Å². The molecule has 60 heavy (non-hydrogen) atoms. The van der Waals surface area contributed by atoms with Crippen molar-refractivity contribution < 1.29 is 0 Å².